The quantitative estimate of drug-likeness (QED) is 0.384. The number of isothiocyanates is 2. The minimum Gasteiger partial charge on any atom is -0.292 e. The van der Waals surface area contributed by atoms with E-state index in [1.807, 2.05) is 15.6 Å². The van der Waals surface area contributed by atoms with Gasteiger partial charge in [0.15, 0.2) is 12.1 Å². The molecule has 2 amide bonds. The van der Waals surface area contributed by atoms with Crippen LogP contribution in [0.25, 0.3) is 0 Å². The van der Waals surface area contributed by atoms with Gasteiger partial charge in [-0.2, -0.15) is 0 Å². The van der Waals surface area contributed by atoms with Crippen molar-refractivity contribution in [1.29, 1.82) is 0 Å². The molecule has 0 radical (unpaired) electrons. The lowest BCUT2D eigenvalue weighted by atomic mass is 10.2. The Labute approximate surface area is 83.9 Å². The lowest BCUT2D eigenvalue weighted by Gasteiger charge is -2.00. The number of hydrogen-bond acceptors (Lipinski definition) is 6. The standard InChI is InChI=1S/C6H3N3O2S2/c10-5-3(7-1-12)4(8-2-13)6(11)9-5/h3-4H,(H,9,10,11). The number of imide groups is 1. The number of hydrogen-bond donors (Lipinski definition) is 1. The third kappa shape index (κ3) is 1.91. The fraction of sp³-hybridized carbons (Fsp3) is 0.333. The Balaban J connectivity index is 3.02. The third-order valence-corrected chi connectivity index (χ3v) is 1.68. The van der Waals surface area contributed by atoms with Crippen LogP contribution < -0.4 is 5.32 Å². The molecule has 0 spiro atoms. The molecule has 1 N–H and O–H groups in total. The van der Waals surface area contributed by atoms with Crippen LogP contribution >= 0.6 is 24.4 Å². The van der Waals surface area contributed by atoms with Gasteiger partial charge < -0.3 is 0 Å². The molecule has 1 saturated heterocycles. The van der Waals surface area contributed by atoms with Gasteiger partial charge in [-0.15, -0.1) is 0 Å². The summed E-state index contributed by atoms with van der Waals surface area (Å²) in [6.45, 7) is 0. The van der Waals surface area contributed by atoms with Gasteiger partial charge in [0.05, 0.1) is 10.3 Å². The summed E-state index contributed by atoms with van der Waals surface area (Å²) in [4.78, 5) is 29.1. The average molecular weight is 213 g/mol. The highest BCUT2D eigenvalue weighted by Gasteiger charge is 2.41. The number of nitrogens with zero attached hydrogens (tertiary/aromatic N) is 2. The Bertz CT molecular complexity index is 321. The van der Waals surface area contributed by atoms with E-state index in [2.05, 4.69) is 34.4 Å². The van der Waals surface area contributed by atoms with Gasteiger partial charge in [0.1, 0.15) is 0 Å². The molecule has 0 saturated carbocycles. The molecule has 1 heterocycles. The zero-order chi connectivity index (χ0) is 9.84. The van der Waals surface area contributed by atoms with Crippen LogP contribution in [0, 0.1) is 0 Å². The molecule has 13 heavy (non-hydrogen) atoms. The Morgan fingerprint density at radius 1 is 1.08 bits per heavy atom. The molecule has 0 aromatic rings. The summed E-state index contributed by atoms with van der Waals surface area (Å²) in [6.07, 6.45) is 0. The summed E-state index contributed by atoms with van der Waals surface area (Å²) >= 11 is 8.64. The van der Waals surface area contributed by atoms with Gasteiger partial charge in [-0.25, -0.2) is 9.98 Å². The molecular formula is C6H3N3O2S2. The first-order chi connectivity index (χ1) is 6.20. The highest BCUT2D eigenvalue weighted by molar-refractivity contribution is 7.78. The first kappa shape index (κ1) is 9.83. The zero-order valence-corrected chi connectivity index (χ0v) is 7.82. The zero-order valence-electron chi connectivity index (χ0n) is 6.18. The smallest absolute Gasteiger partial charge is 0.255 e. The van der Waals surface area contributed by atoms with Gasteiger partial charge in [-0.05, 0) is 24.4 Å². The van der Waals surface area contributed by atoms with Crippen molar-refractivity contribution in [2.45, 2.75) is 12.1 Å². The first-order valence-electron chi connectivity index (χ1n) is 3.19. The van der Waals surface area contributed by atoms with E-state index >= 15 is 0 Å². The topological polar surface area (TPSA) is 70.9 Å². The summed E-state index contributed by atoms with van der Waals surface area (Å²) in [6, 6.07) is -1.89. The molecule has 1 rings (SSSR count). The molecule has 0 bridgehead atoms. The first-order valence-corrected chi connectivity index (χ1v) is 4.01. The van der Waals surface area contributed by atoms with Crippen molar-refractivity contribution in [3.63, 3.8) is 0 Å². The van der Waals surface area contributed by atoms with Crippen molar-refractivity contribution in [3.8, 4) is 0 Å². The maximum Gasteiger partial charge on any atom is 0.255 e. The lowest BCUT2D eigenvalue weighted by Crippen LogP contribution is -2.25. The maximum atomic E-state index is 11.0. The summed E-state index contributed by atoms with van der Waals surface area (Å²) in [5, 5.41) is 6.09. The molecule has 2 unspecified atom stereocenters. The van der Waals surface area contributed by atoms with E-state index in [1.165, 1.54) is 0 Å². The van der Waals surface area contributed by atoms with Gasteiger partial charge in [-0.3, -0.25) is 14.9 Å². The second kappa shape index (κ2) is 4.11. The summed E-state index contributed by atoms with van der Waals surface area (Å²) in [5.41, 5.74) is 0. The SMILES string of the molecule is O=C1NC(=O)C(N=C=S)C1N=C=S. The van der Waals surface area contributed by atoms with Gasteiger partial charge in [0.25, 0.3) is 11.8 Å². The fourth-order valence-corrected chi connectivity index (χ4v) is 1.16. The molecule has 0 aromatic heterocycles. The Kier molecular flexibility index (Phi) is 3.11. The van der Waals surface area contributed by atoms with Crippen molar-refractivity contribution in [3.05, 3.63) is 0 Å². The molecule has 7 heteroatoms. The molecule has 1 aliphatic heterocycles. The van der Waals surface area contributed by atoms with E-state index in [-0.39, 0.29) is 0 Å². The Morgan fingerprint density at radius 3 is 1.77 bits per heavy atom. The molecule has 0 aromatic carbocycles. The molecule has 66 valence electrons. The van der Waals surface area contributed by atoms with Crippen LogP contribution in [0.5, 0.6) is 0 Å². The van der Waals surface area contributed by atoms with Crippen molar-refractivity contribution in [2.24, 2.45) is 9.98 Å². The predicted molar refractivity (Wildman–Crippen MR) is 50.8 cm³/mol. The van der Waals surface area contributed by atoms with Crippen molar-refractivity contribution in [1.82, 2.24) is 5.32 Å². The summed E-state index contributed by atoms with van der Waals surface area (Å²) < 4.78 is 0. The van der Waals surface area contributed by atoms with Crippen molar-refractivity contribution in [2.75, 3.05) is 0 Å². The van der Waals surface area contributed by atoms with Crippen LogP contribution in [0.15, 0.2) is 9.98 Å². The minimum atomic E-state index is -0.944. The Hall–Kier alpha value is -1.26. The van der Waals surface area contributed by atoms with E-state index in [0.717, 1.165) is 0 Å². The molecule has 2 atom stereocenters. The maximum absolute atomic E-state index is 11.0. The number of amides is 2. The van der Waals surface area contributed by atoms with E-state index in [4.69, 9.17) is 0 Å². The van der Waals surface area contributed by atoms with E-state index < -0.39 is 23.9 Å². The second-order valence-corrected chi connectivity index (χ2v) is 2.55. The predicted octanol–water partition coefficient (Wildman–Crippen LogP) is -0.414. The van der Waals surface area contributed by atoms with Crippen molar-refractivity contribution < 1.29 is 9.59 Å². The van der Waals surface area contributed by atoms with Gasteiger partial charge in [0.2, 0.25) is 0 Å². The van der Waals surface area contributed by atoms with E-state index in [1.54, 1.807) is 0 Å². The van der Waals surface area contributed by atoms with Crippen LogP contribution in [0.1, 0.15) is 0 Å². The van der Waals surface area contributed by atoms with Crippen LogP contribution in [0.4, 0.5) is 0 Å². The lowest BCUT2D eigenvalue weighted by molar-refractivity contribution is -0.125. The number of carbonyl (C=O) groups is 2. The van der Waals surface area contributed by atoms with Gasteiger partial charge in [-0.1, -0.05) is 0 Å². The fourth-order valence-electron chi connectivity index (χ4n) is 0.928. The van der Waals surface area contributed by atoms with Crippen LogP contribution in [-0.4, -0.2) is 34.2 Å². The average Bonchev–Trinajstić information content (AvgIpc) is 2.33. The molecule has 1 aliphatic rings. The molecule has 0 aliphatic carbocycles. The third-order valence-electron chi connectivity index (χ3n) is 1.47. The van der Waals surface area contributed by atoms with Gasteiger partial charge in [0, 0.05) is 0 Å². The second-order valence-electron chi connectivity index (χ2n) is 2.18. The summed E-state index contributed by atoms with van der Waals surface area (Å²) in [5.74, 6) is -1.08. The van der Waals surface area contributed by atoms with E-state index in [9.17, 15) is 9.59 Å². The van der Waals surface area contributed by atoms with Gasteiger partial charge >= 0.3 is 0 Å². The van der Waals surface area contributed by atoms with Crippen LogP contribution in [-0.2, 0) is 9.59 Å². The largest absolute Gasteiger partial charge is 0.292 e. The van der Waals surface area contributed by atoms with Crippen molar-refractivity contribution >= 4 is 46.6 Å². The minimum absolute atomic E-state index is 0.540. The van der Waals surface area contributed by atoms with E-state index in [0.29, 0.717) is 0 Å². The summed E-state index contributed by atoms with van der Waals surface area (Å²) in [7, 11) is 0. The Morgan fingerprint density at radius 2 is 1.46 bits per heavy atom. The monoisotopic (exact) mass is 213 g/mol. The molecule has 1 fully saturated rings. The van der Waals surface area contributed by atoms with Crippen LogP contribution in [0.3, 0.4) is 0 Å². The van der Waals surface area contributed by atoms with Crippen LogP contribution in [0.2, 0.25) is 0 Å². The normalized spacial score (nSPS) is 25.8. The highest BCUT2D eigenvalue weighted by Crippen LogP contribution is 2.10. The molecule has 5 nitrogen and oxygen atoms in total. The number of thiocarbonyl (C=S) groups is 2. The number of aliphatic imine (C=N–C) groups is 2. The molecular weight excluding hydrogens is 210 g/mol. The number of carbonyl (C=O) groups excluding carboxylic acids is 2. The number of rotatable bonds is 2. The highest BCUT2D eigenvalue weighted by atomic mass is 32.1. The number of nitrogens with one attached hydrogen (secondary N) is 1.